The first kappa shape index (κ1) is 16.0. The Morgan fingerprint density at radius 2 is 1.95 bits per heavy atom. The number of hydroxylamine groups is 2. The van der Waals surface area contributed by atoms with Crippen LogP contribution in [-0.4, -0.2) is 63.3 Å². The van der Waals surface area contributed by atoms with Crippen LogP contribution in [-0.2, 0) is 14.4 Å². The van der Waals surface area contributed by atoms with Crippen LogP contribution in [0.15, 0.2) is 0 Å². The third-order valence-corrected chi connectivity index (χ3v) is 3.47. The van der Waals surface area contributed by atoms with Crippen molar-refractivity contribution in [1.29, 1.82) is 0 Å². The van der Waals surface area contributed by atoms with E-state index in [0.29, 0.717) is 6.42 Å². The first-order valence-corrected chi connectivity index (χ1v) is 6.95. The molecule has 0 spiro atoms. The van der Waals surface area contributed by atoms with Crippen molar-refractivity contribution in [2.45, 2.75) is 70.1 Å². The second kappa shape index (κ2) is 5.43. The number of rotatable bonds is 2. The highest BCUT2D eigenvalue weighted by Crippen LogP contribution is 2.36. The summed E-state index contributed by atoms with van der Waals surface area (Å²) in [6, 6.07) is -1.44. The van der Waals surface area contributed by atoms with Gasteiger partial charge < -0.3 is 20.3 Å². The summed E-state index contributed by atoms with van der Waals surface area (Å²) in [6.07, 6.45) is -2.90. The van der Waals surface area contributed by atoms with Crippen molar-refractivity contribution in [3.63, 3.8) is 0 Å². The van der Waals surface area contributed by atoms with E-state index in [-0.39, 0.29) is 0 Å². The molecule has 1 aliphatic carbocycles. The third kappa shape index (κ3) is 3.28. The van der Waals surface area contributed by atoms with Gasteiger partial charge in [-0.2, -0.15) is 0 Å². The van der Waals surface area contributed by atoms with Crippen LogP contribution in [0.2, 0.25) is 0 Å². The van der Waals surface area contributed by atoms with Gasteiger partial charge in [-0.15, -0.1) is 0 Å². The highest BCUT2D eigenvalue weighted by molar-refractivity contribution is 5.85. The quantitative estimate of drug-likeness (QED) is 0.637. The molecular weight excluding hydrogens is 280 g/mol. The Morgan fingerprint density at radius 1 is 1.33 bits per heavy atom. The predicted molar refractivity (Wildman–Crippen MR) is 71.0 cm³/mol. The summed E-state index contributed by atoms with van der Waals surface area (Å²) in [5, 5.41) is 22.9. The van der Waals surface area contributed by atoms with E-state index in [0.717, 1.165) is 5.06 Å². The Hall–Kier alpha value is -1.38. The molecule has 1 saturated carbocycles. The summed E-state index contributed by atoms with van der Waals surface area (Å²) in [5.74, 6) is -0.487. The minimum atomic E-state index is -1.03. The highest BCUT2D eigenvalue weighted by Gasteiger charge is 2.54. The molecule has 0 radical (unpaired) electrons. The van der Waals surface area contributed by atoms with Gasteiger partial charge in [-0.3, -0.25) is 9.63 Å². The van der Waals surface area contributed by atoms with Crippen LogP contribution in [0.3, 0.4) is 0 Å². The van der Waals surface area contributed by atoms with Gasteiger partial charge in [0, 0.05) is 6.42 Å². The summed E-state index contributed by atoms with van der Waals surface area (Å²) in [4.78, 5) is 29.1. The number of alkyl carbamates (subject to hydrolysis) is 1. The number of nitrogens with zero attached hydrogens (tertiary/aromatic N) is 1. The number of hydrogen-bond acceptors (Lipinski definition) is 6. The number of carbonyl (C=O) groups excluding carboxylic acids is 2. The van der Waals surface area contributed by atoms with Crippen LogP contribution in [0.25, 0.3) is 0 Å². The first-order chi connectivity index (χ1) is 9.60. The van der Waals surface area contributed by atoms with Crippen molar-refractivity contribution in [3.8, 4) is 0 Å². The fraction of sp³-hybridized carbons (Fsp3) is 0.846. The summed E-state index contributed by atoms with van der Waals surface area (Å²) < 4.78 is 5.07. The number of nitrogens with one attached hydrogen (secondary N) is 1. The van der Waals surface area contributed by atoms with E-state index in [2.05, 4.69) is 5.32 Å². The van der Waals surface area contributed by atoms with E-state index >= 15 is 0 Å². The molecule has 5 unspecified atom stereocenters. The smallest absolute Gasteiger partial charge is 0.408 e. The van der Waals surface area contributed by atoms with Crippen molar-refractivity contribution >= 4 is 12.0 Å². The molecule has 1 heterocycles. The normalized spacial score (nSPS) is 33.0. The molecule has 0 aromatic heterocycles. The average Bonchev–Trinajstić information content (AvgIpc) is 2.87. The van der Waals surface area contributed by atoms with E-state index in [1.165, 1.54) is 6.92 Å². The lowest BCUT2D eigenvalue weighted by Crippen LogP contribution is -2.55. The van der Waals surface area contributed by atoms with E-state index in [9.17, 15) is 19.8 Å². The maximum atomic E-state index is 12.2. The van der Waals surface area contributed by atoms with Gasteiger partial charge in [-0.1, -0.05) is 0 Å². The van der Waals surface area contributed by atoms with Crippen LogP contribution in [0.4, 0.5) is 4.79 Å². The third-order valence-electron chi connectivity index (χ3n) is 3.47. The van der Waals surface area contributed by atoms with Crippen LogP contribution >= 0.6 is 0 Å². The van der Waals surface area contributed by atoms with E-state index < -0.39 is 48.0 Å². The molecule has 8 nitrogen and oxygen atoms in total. The monoisotopic (exact) mass is 302 g/mol. The zero-order valence-corrected chi connectivity index (χ0v) is 12.6. The molecule has 1 aliphatic heterocycles. The number of fused-ring (bicyclic) bond motifs is 2. The molecule has 2 rings (SSSR count). The second-order valence-electron chi connectivity index (χ2n) is 6.46. The Balaban J connectivity index is 1.91. The summed E-state index contributed by atoms with van der Waals surface area (Å²) in [5.41, 5.74) is -0.656. The van der Waals surface area contributed by atoms with Crippen molar-refractivity contribution in [1.82, 2.24) is 10.4 Å². The van der Waals surface area contributed by atoms with E-state index in [1.54, 1.807) is 20.8 Å². The summed E-state index contributed by atoms with van der Waals surface area (Å²) >= 11 is 0. The number of amides is 2. The van der Waals surface area contributed by atoms with Crippen molar-refractivity contribution in [2.75, 3.05) is 0 Å². The molecule has 1 saturated heterocycles. The number of aliphatic hydroxyl groups excluding tert-OH is 2. The van der Waals surface area contributed by atoms with Crippen molar-refractivity contribution in [3.05, 3.63) is 0 Å². The molecule has 0 aromatic carbocycles. The number of carbonyl (C=O) groups is 2. The van der Waals surface area contributed by atoms with Gasteiger partial charge in [0.15, 0.2) is 0 Å². The Morgan fingerprint density at radius 3 is 2.43 bits per heavy atom. The van der Waals surface area contributed by atoms with Crippen molar-refractivity contribution in [2.24, 2.45) is 0 Å². The molecule has 21 heavy (non-hydrogen) atoms. The molecule has 3 N–H and O–H groups in total. The molecule has 5 atom stereocenters. The Labute approximate surface area is 123 Å². The van der Waals surface area contributed by atoms with E-state index in [4.69, 9.17) is 9.57 Å². The minimum absolute atomic E-state index is 0.382. The number of aliphatic hydroxyl groups is 2. The molecule has 120 valence electrons. The van der Waals surface area contributed by atoms with Crippen LogP contribution < -0.4 is 5.32 Å². The van der Waals surface area contributed by atoms with Gasteiger partial charge in [-0.25, -0.2) is 9.86 Å². The zero-order valence-electron chi connectivity index (χ0n) is 12.6. The number of ether oxygens (including phenoxy) is 1. The fourth-order valence-electron chi connectivity index (χ4n) is 2.48. The zero-order chi connectivity index (χ0) is 15.9. The lowest BCUT2D eigenvalue weighted by atomic mass is 10.1. The van der Waals surface area contributed by atoms with Crippen LogP contribution in [0.5, 0.6) is 0 Å². The highest BCUT2D eigenvalue weighted by atomic mass is 16.7. The Kier molecular flexibility index (Phi) is 4.14. The maximum Gasteiger partial charge on any atom is 0.408 e. The van der Waals surface area contributed by atoms with Gasteiger partial charge in [-0.05, 0) is 27.7 Å². The van der Waals surface area contributed by atoms with Gasteiger partial charge in [0.05, 0.1) is 6.04 Å². The molecule has 8 heteroatoms. The SMILES string of the molecule is CC(NC(=O)OC(C)(C)C)C(=O)N1OC2CC1C(O)C2O. The summed E-state index contributed by atoms with van der Waals surface area (Å²) in [7, 11) is 0. The fourth-order valence-corrected chi connectivity index (χ4v) is 2.48. The largest absolute Gasteiger partial charge is 0.444 e. The second-order valence-corrected chi connectivity index (χ2v) is 6.46. The molecule has 2 bridgehead atoms. The van der Waals surface area contributed by atoms with Gasteiger partial charge in [0.2, 0.25) is 0 Å². The maximum absolute atomic E-state index is 12.2. The van der Waals surface area contributed by atoms with Crippen molar-refractivity contribution < 1.29 is 29.4 Å². The standard InChI is InChI=1S/C13H22N2O6/c1-6(14-12(19)20-13(2,3)4)11(18)15-7-5-8(21-15)10(17)9(7)16/h6-10,16-17H,5H2,1-4H3,(H,14,19). The topological polar surface area (TPSA) is 108 Å². The first-order valence-electron chi connectivity index (χ1n) is 6.95. The number of hydrogen-bond donors (Lipinski definition) is 3. The molecule has 2 aliphatic rings. The van der Waals surface area contributed by atoms with Crippen LogP contribution in [0, 0.1) is 0 Å². The summed E-state index contributed by atoms with van der Waals surface area (Å²) in [6.45, 7) is 6.67. The average molecular weight is 302 g/mol. The van der Waals surface area contributed by atoms with Gasteiger partial charge >= 0.3 is 6.09 Å². The van der Waals surface area contributed by atoms with Crippen LogP contribution in [0.1, 0.15) is 34.1 Å². The molecular formula is C13H22N2O6. The molecule has 2 fully saturated rings. The molecule has 0 aromatic rings. The van der Waals surface area contributed by atoms with Gasteiger partial charge in [0.1, 0.15) is 30.0 Å². The van der Waals surface area contributed by atoms with E-state index in [1.807, 2.05) is 0 Å². The molecule has 2 amide bonds. The predicted octanol–water partition coefficient (Wildman–Crippen LogP) is -0.464. The lowest BCUT2D eigenvalue weighted by Gasteiger charge is -2.33. The lowest BCUT2D eigenvalue weighted by molar-refractivity contribution is -0.240. The van der Waals surface area contributed by atoms with Gasteiger partial charge in [0.25, 0.3) is 5.91 Å². The minimum Gasteiger partial charge on any atom is -0.444 e. The Bertz CT molecular complexity index is 433.